The SMILES string of the molecule is [13CH3]C([13CH3])(C#N)c1cc(Cn2cncn2)cc(C([13CH3])([13CH3])C#N)c1. The molecule has 0 spiro atoms. The van der Waals surface area contributed by atoms with Crippen LogP contribution in [-0.4, -0.2) is 14.8 Å². The van der Waals surface area contributed by atoms with Gasteiger partial charge in [-0.15, -0.1) is 0 Å². The van der Waals surface area contributed by atoms with E-state index < -0.39 is 10.8 Å². The van der Waals surface area contributed by atoms with Gasteiger partial charge in [-0.1, -0.05) is 18.2 Å². The Hall–Kier alpha value is -2.66. The number of nitriles is 2. The maximum atomic E-state index is 9.40. The molecule has 0 aliphatic rings. The van der Waals surface area contributed by atoms with Gasteiger partial charge in [-0.2, -0.15) is 15.6 Å². The highest BCUT2D eigenvalue weighted by Crippen LogP contribution is 2.30. The van der Waals surface area contributed by atoms with Crippen LogP contribution in [0.5, 0.6) is 0 Å². The first-order valence-electron chi connectivity index (χ1n) is 7.08. The summed E-state index contributed by atoms with van der Waals surface area (Å²) in [7, 11) is 0. The molecule has 5 heteroatoms. The standard InChI is InChI=1S/C17H19N5/c1-16(2,9-18)14-5-13(8-22-12-20-11-21-22)6-15(7-14)17(3,4)10-19/h5-7,11-12H,8H2,1-4H3/i1+1,2+1,3+1,4+1. The van der Waals surface area contributed by atoms with Gasteiger partial charge >= 0.3 is 0 Å². The molecular formula is C17H19N5. The Labute approximate surface area is 130 Å². The number of hydrogen-bond donors (Lipinski definition) is 0. The predicted molar refractivity (Wildman–Crippen MR) is 82.8 cm³/mol. The molecule has 0 aliphatic heterocycles. The van der Waals surface area contributed by atoms with Crippen molar-refractivity contribution in [3.8, 4) is 12.1 Å². The highest BCUT2D eigenvalue weighted by Gasteiger charge is 2.26. The van der Waals surface area contributed by atoms with Gasteiger partial charge in [0, 0.05) is 0 Å². The Balaban J connectivity index is 2.55. The van der Waals surface area contributed by atoms with Crippen molar-refractivity contribution in [3.63, 3.8) is 0 Å². The number of benzene rings is 1. The molecule has 0 fully saturated rings. The molecule has 0 N–H and O–H groups in total. The zero-order valence-corrected chi connectivity index (χ0v) is 13.3. The molecule has 0 aliphatic carbocycles. The quantitative estimate of drug-likeness (QED) is 0.813. The number of rotatable bonds is 4. The summed E-state index contributed by atoms with van der Waals surface area (Å²) in [5.41, 5.74) is 1.60. The lowest BCUT2D eigenvalue weighted by molar-refractivity contribution is 0.646. The molecule has 0 amide bonds. The van der Waals surface area contributed by atoms with Crippen LogP contribution in [0.4, 0.5) is 0 Å². The van der Waals surface area contributed by atoms with Crippen LogP contribution in [0.15, 0.2) is 30.9 Å². The Kier molecular flexibility index (Phi) is 4.01. The van der Waals surface area contributed by atoms with Gasteiger partial charge in [0.25, 0.3) is 0 Å². The summed E-state index contributed by atoms with van der Waals surface area (Å²) in [5, 5.41) is 22.9. The van der Waals surface area contributed by atoms with Gasteiger partial charge in [0.1, 0.15) is 12.7 Å². The fraction of sp³-hybridized carbons (Fsp3) is 0.412. The van der Waals surface area contributed by atoms with E-state index in [9.17, 15) is 10.5 Å². The van der Waals surface area contributed by atoms with Crippen LogP contribution in [0.25, 0.3) is 0 Å². The molecule has 2 rings (SSSR count). The van der Waals surface area contributed by atoms with Crippen LogP contribution in [0.2, 0.25) is 0 Å². The summed E-state index contributed by atoms with van der Waals surface area (Å²) in [6, 6.07) is 10.6. The lowest BCUT2D eigenvalue weighted by Gasteiger charge is -2.23. The molecule has 0 atom stereocenters. The van der Waals surface area contributed by atoms with E-state index in [1.807, 2.05) is 45.9 Å². The molecule has 0 saturated carbocycles. The van der Waals surface area contributed by atoms with Crippen LogP contribution in [0, 0.1) is 22.7 Å². The zero-order valence-electron chi connectivity index (χ0n) is 13.3. The van der Waals surface area contributed by atoms with Gasteiger partial charge in [0.05, 0.1) is 29.5 Å². The average Bonchev–Trinajstić information content (AvgIpc) is 2.99. The highest BCUT2D eigenvalue weighted by molar-refractivity contribution is 5.42. The van der Waals surface area contributed by atoms with Gasteiger partial charge in [-0.3, -0.25) is 0 Å². The van der Waals surface area contributed by atoms with Crippen molar-refractivity contribution in [2.75, 3.05) is 0 Å². The second-order valence-corrected chi connectivity index (χ2v) is 6.49. The molecule has 0 bridgehead atoms. The smallest absolute Gasteiger partial charge is 0.137 e. The minimum atomic E-state index is -0.612. The van der Waals surface area contributed by atoms with Gasteiger partial charge < -0.3 is 0 Å². The van der Waals surface area contributed by atoms with E-state index in [1.54, 1.807) is 11.0 Å². The molecule has 2 aromatic rings. The summed E-state index contributed by atoms with van der Waals surface area (Å²) in [5.74, 6) is 0. The maximum Gasteiger partial charge on any atom is 0.137 e. The third kappa shape index (κ3) is 3.15. The second kappa shape index (κ2) is 5.61. The van der Waals surface area contributed by atoms with E-state index in [2.05, 4.69) is 22.2 Å². The number of aromatic nitrogens is 3. The Morgan fingerprint density at radius 2 is 1.55 bits per heavy atom. The molecular weight excluding hydrogens is 278 g/mol. The first-order valence-corrected chi connectivity index (χ1v) is 7.08. The summed E-state index contributed by atoms with van der Waals surface area (Å²) in [6.07, 6.45) is 3.14. The van der Waals surface area contributed by atoms with Gasteiger partial charge in [-0.05, 0) is 44.4 Å². The summed E-state index contributed by atoms with van der Waals surface area (Å²) in [6.45, 7) is 8.08. The third-order valence-corrected chi connectivity index (χ3v) is 3.81. The lowest BCUT2D eigenvalue weighted by atomic mass is 9.88. The van der Waals surface area contributed by atoms with Crippen LogP contribution in [0.3, 0.4) is 0 Å². The monoisotopic (exact) mass is 297 g/mol. The minimum absolute atomic E-state index is 0.559. The fourth-order valence-corrected chi connectivity index (χ4v) is 2.14. The number of hydrogen-bond acceptors (Lipinski definition) is 4. The Morgan fingerprint density at radius 1 is 1.00 bits per heavy atom. The van der Waals surface area contributed by atoms with Crippen LogP contribution in [-0.2, 0) is 17.4 Å². The summed E-state index contributed by atoms with van der Waals surface area (Å²) in [4.78, 5) is 3.94. The lowest BCUT2D eigenvalue weighted by Crippen LogP contribution is -2.20. The van der Waals surface area contributed by atoms with Crippen molar-refractivity contribution in [1.29, 1.82) is 10.5 Å². The minimum Gasteiger partial charge on any atom is -0.249 e. The van der Waals surface area contributed by atoms with E-state index in [0.717, 1.165) is 16.7 Å². The van der Waals surface area contributed by atoms with Crippen molar-refractivity contribution < 1.29 is 0 Å². The highest BCUT2D eigenvalue weighted by atomic mass is 15.3. The van der Waals surface area contributed by atoms with Gasteiger partial charge in [-0.25, -0.2) is 9.67 Å². The Bertz CT molecular complexity index is 698. The second-order valence-electron chi connectivity index (χ2n) is 6.49. The summed E-state index contributed by atoms with van der Waals surface area (Å²) < 4.78 is 1.72. The van der Waals surface area contributed by atoms with Crippen LogP contribution >= 0.6 is 0 Å². The molecule has 5 nitrogen and oxygen atoms in total. The zero-order chi connectivity index (χ0) is 16.4. The van der Waals surface area contributed by atoms with Gasteiger partial charge in [0.15, 0.2) is 0 Å². The van der Waals surface area contributed by atoms with Crippen LogP contribution < -0.4 is 0 Å². The number of nitrogens with zero attached hydrogens (tertiary/aromatic N) is 5. The van der Waals surface area contributed by atoms with Crippen molar-refractivity contribution in [1.82, 2.24) is 14.8 Å². The average molecular weight is 297 g/mol. The molecule has 1 heterocycles. The molecule has 0 saturated heterocycles. The van der Waals surface area contributed by atoms with Gasteiger partial charge in [0.2, 0.25) is 0 Å². The topological polar surface area (TPSA) is 78.3 Å². The normalized spacial score (nSPS) is 11.7. The molecule has 22 heavy (non-hydrogen) atoms. The largest absolute Gasteiger partial charge is 0.249 e. The molecule has 0 radical (unpaired) electrons. The van der Waals surface area contributed by atoms with E-state index in [-0.39, 0.29) is 0 Å². The van der Waals surface area contributed by atoms with Crippen molar-refractivity contribution in [2.24, 2.45) is 0 Å². The summed E-state index contributed by atoms with van der Waals surface area (Å²) >= 11 is 0. The van der Waals surface area contributed by atoms with Crippen molar-refractivity contribution >= 4 is 0 Å². The van der Waals surface area contributed by atoms with E-state index in [4.69, 9.17) is 0 Å². The first-order chi connectivity index (χ1) is 10.3. The van der Waals surface area contributed by atoms with E-state index >= 15 is 0 Å². The maximum absolute atomic E-state index is 9.40. The Morgan fingerprint density at radius 3 is 1.95 bits per heavy atom. The van der Waals surface area contributed by atoms with E-state index in [0.29, 0.717) is 6.54 Å². The fourth-order valence-electron chi connectivity index (χ4n) is 2.14. The van der Waals surface area contributed by atoms with E-state index in [1.165, 1.54) is 6.33 Å². The van der Waals surface area contributed by atoms with Crippen LogP contribution in [0.1, 0.15) is 44.4 Å². The first kappa shape index (κ1) is 15.7. The molecule has 112 valence electrons. The third-order valence-electron chi connectivity index (χ3n) is 3.81. The van der Waals surface area contributed by atoms with Crippen molar-refractivity contribution in [2.45, 2.75) is 45.1 Å². The molecule has 0 unspecified atom stereocenters. The molecule has 1 aromatic carbocycles. The molecule has 1 aromatic heterocycles. The predicted octanol–water partition coefficient (Wildman–Crippen LogP) is 2.93. The van der Waals surface area contributed by atoms with Crippen molar-refractivity contribution in [3.05, 3.63) is 47.5 Å².